The molecule has 0 aliphatic heterocycles. The second-order valence-corrected chi connectivity index (χ2v) is 11.9. The van der Waals surface area contributed by atoms with Crippen molar-refractivity contribution >= 4 is 29.0 Å². The molecule has 0 aliphatic carbocycles. The average molecular weight is 530 g/mol. The highest BCUT2D eigenvalue weighted by atomic mass is 32.2. The molecule has 8 nitrogen and oxygen atoms in total. The van der Waals surface area contributed by atoms with Crippen molar-refractivity contribution in [2.75, 3.05) is 6.29 Å². The fourth-order valence-corrected chi connectivity index (χ4v) is 6.38. The lowest BCUT2D eigenvalue weighted by molar-refractivity contribution is -0.191. The first kappa shape index (κ1) is 25.9. The fourth-order valence-electron chi connectivity index (χ4n) is 2.73. The molecule has 34 heavy (non-hydrogen) atoms. The Labute approximate surface area is 197 Å². The van der Waals surface area contributed by atoms with Crippen molar-refractivity contribution in [3.05, 3.63) is 64.8 Å². The van der Waals surface area contributed by atoms with Crippen molar-refractivity contribution < 1.29 is 35.6 Å². The van der Waals surface area contributed by atoms with E-state index in [1.54, 1.807) is 6.07 Å². The Hall–Kier alpha value is -2.75. The van der Waals surface area contributed by atoms with E-state index in [1.807, 2.05) is 30.7 Å². The van der Waals surface area contributed by atoms with Crippen molar-refractivity contribution in [1.29, 1.82) is 5.26 Å². The highest BCUT2D eigenvalue weighted by molar-refractivity contribution is 7.91. The molecule has 1 aromatic heterocycles. The Morgan fingerprint density at radius 3 is 2.53 bits per heavy atom. The third kappa shape index (κ3) is 6.02. The van der Waals surface area contributed by atoms with Crippen LogP contribution in [0.4, 0.5) is 13.2 Å². The number of aromatic nitrogens is 1. The largest absolute Gasteiger partial charge is 0.768 e. The summed E-state index contributed by atoms with van der Waals surface area (Å²) < 4.78 is 82.7. The molecule has 1 heterocycles. The van der Waals surface area contributed by atoms with Gasteiger partial charge in [-0.2, -0.15) is 18.4 Å². The van der Waals surface area contributed by atoms with Gasteiger partial charge in [0.15, 0.2) is 11.8 Å². The number of nitriles is 1. The Morgan fingerprint density at radius 2 is 1.91 bits per heavy atom. The molecule has 3 rings (SSSR count). The van der Waals surface area contributed by atoms with Gasteiger partial charge in [0, 0.05) is 5.56 Å². The SMILES string of the molecule is Cc1ccc(-c2ncc(S(=O)(=O)NCP(=O)([O-])Oc3ccc(C#N)c(C(F)(F)F)c3)s2)cc1C. The second-order valence-electron chi connectivity index (χ2n) is 7.11. The van der Waals surface area contributed by atoms with Crippen molar-refractivity contribution in [2.24, 2.45) is 0 Å². The van der Waals surface area contributed by atoms with Gasteiger partial charge in [-0.15, -0.1) is 11.3 Å². The Kier molecular flexibility index (Phi) is 7.21. The van der Waals surface area contributed by atoms with E-state index in [1.165, 1.54) is 6.07 Å². The van der Waals surface area contributed by atoms with E-state index in [-0.39, 0.29) is 4.21 Å². The van der Waals surface area contributed by atoms with Gasteiger partial charge in [0.05, 0.1) is 29.7 Å². The van der Waals surface area contributed by atoms with Crippen LogP contribution in [-0.2, 0) is 20.8 Å². The maximum atomic E-state index is 13.1. The molecular formula is C20H16F3N3O5PS2-. The van der Waals surface area contributed by atoms with Crippen LogP contribution in [0.5, 0.6) is 5.75 Å². The summed E-state index contributed by atoms with van der Waals surface area (Å²) in [4.78, 5) is 16.3. The number of thiazole rings is 1. The molecule has 0 aliphatic rings. The average Bonchev–Trinajstić information content (AvgIpc) is 3.25. The zero-order valence-corrected chi connectivity index (χ0v) is 20.1. The lowest BCUT2D eigenvalue weighted by Crippen LogP contribution is -2.28. The minimum Gasteiger partial charge on any atom is -0.768 e. The van der Waals surface area contributed by atoms with Crippen molar-refractivity contribution in [2.45, 2.75) is 24.2 Å². The lowest BCUT2D eigenvalue weighted by atomic mass is 10.1. The van der Waals surface area contributed by atoms with Gasteiger partial charge in [-0.25, -0.2) is 18.1 Å². The molecule has 1 N–H and O–H groups in total. The molecular weight excluding hydrogens is 514 g/mol. The monoisotopic (exact) mass is 530 g/mol. The maximum Gasteiger partial charge on any atom is 0.417 e. The minimum atomic E-state index is -5.00. The number of aryl methyl sites for hydroxylation is 2. The zero-order chi connectivity index (χ0) is 25.3. The van der Waals surface area contributed by atoms with Crippen LogP contribution in [0.3, 0.4) is 0 Å². The van der Waals surface area contributed by atoms with Gasteiger partial charge in [0.25, 0.3) is 10.0 Å². The van der Waals surface area contributed by atoms with Crippen LogP contribution < -0.4 is 14.1 Å². The van der Waals surface area contributed by atoms with E-state index in [4.69, 9.17) is 5.26 Å². The lowest BCUT2D eigenvalue weighted by Gasteiger charge is -2.24. The van der Waals surface area contributed by atoms with Gasteiger partial charge in [0.2, 0.25) is 0 Å². The summed E-state index contributed by atoms with van der Waals surface area (Å²) in [5.74, 6) is -0.710. The number of nitrogens with zero attached hydrogens (tertiary/aromatic N) is 2. The normalized spacial score (nSPS) is 13.8. The van der Waals surface area contributed by atoms with Crippen molar-refractivity contribution in [3.63, 3.8) is 0 Å². The predicted octanol–water partition coefficient (Wildman–Crippen LogP) is 4.19. The molecule has 2 aromatic carbocycles. The van der Waals surface area contributed by atoms with Gasteiger partial charge in [0.1, 0.15) is 10.8 Å². The third-order valence-electron chi connectivity index (χ3n) is 4.61. The first-order valence-corrected chi connectivity index (χ1v) is 13.4. The quantitative estimate of drug-likeness (QED) is 0.453. The summed E-state index contributed by atoms with van der Waals surface area (Å²) in [7, 11) is -9.30. The van der Waals surface area contributed by atoms with Crippen LogP contribution >= 0.6 is 18.9 Å². The molecule has 0 fully saturated rings. The summed E-state index contributed by atoms with van der Waals surface area (Å²) in [5, 5.41) is 9.20. The van der Waals surface area contributed by atoms with Gasteiger partial charge in [-0.1, -0.05) is 12.1 Å². The second kappa shape index (κ2) is 9.48. The number of benzene rings is 2. The summed E-state index contributed by atoms with van der Waals surface area (Å²) in [6, 6.07) is 8.81. The number of hydrogen-bond acceptors (Lipinski definition) is 8. The summed E-state index contributed by atoms with van der Waals surface area (Å²) in [6.07, 6.45) is -5.06. The van der Waals surface area contributed by atoms with Gasteiger partial charge < -0.3 is 9.42 Å². The molecule has 0 radical (unpaired) electrons. The molecule has 0 spiro atoms. The van der Waals surface area contributed by atoms with Crippen LogP contribution in [0, 0.1) is 25.2 Å². The van der Waals surface area contributed by atoms with E-state index >= 15 is 0 Å². The maximum absolute atomic E-state index is 13.1. The zero-order valence-electron chi connectivity index (χ0n) is 17.6. The first-order valence-electron chi connectivity index (χ1n) is 9.36. The van der Waals surface area contributed by atoms with Gasteiger partial charge >= 0.3 is 6.18 Å². The summed E-state index contributed by atoms with van der Waals surface area (Å²) >= 11 is 0.821. The Balaban J connectivity index is 1.74. The molecule has 3 aromatic rings. The van der Waals surface area contributed by atoms with E-state index in [2.05, 4.69) is 9.51 Å². The molecule has 14 heteroatoms. The standard InChI is InChI=1S/C20H17F3N3O5PS2/c1-12-3-4-14(7-13(12)2)19-25-10-18(33-19)34(29,30)26-11-32(27,28)31-16-6-5-15(9-24)17(8-16)20(21,22)23/h3-8,10,26H,11H2,1-2H3,(H,27,28)/p-1. The molecule has 0 bridgehead atoms. The van der Waals surface area contributed by atoms with Crippen LogP contribution in [-0.4, -0.2) is 19.7 Å². The van der Waals surface area contributed by atoms with Gasteiger partial charge in [-0.05, 0) is 49.2 Å². The Bertz CT molecular complexity index is 1430. The highest BCUT2D eigenvalue weighted by Crippen LogP contribution is 2.41. The molecule has 0 saturated carbocycles. The summed E-state index contributed by atoms with van der Waals surface area (Å²) in [6.45, 7) is 3.81. The number of halogens is 3. The number of sulfonamides is 1. The van der Waals surface area contributed by atoms with E-state index in [0.29, 0.717) is 16.6 Å². The molecule has 1 atom stereocenters. The van der Waals surface area contributed by atoms with Crippen LogP contribution in [0.1, 0.15) is 22.3 Å². The fraction of sp³-hybridized carbons (Fsp3) is 0.200. The topological polar surface area (TPSA) is 132 Å². The van der Waals surface area contributed by atoms with Crippen LogP contribution in [0.25, 0.3) is 10.6 Å². The highest BCUT2D eigenvalue weighted by Gasteiger charge is 2.34. The molecule has 180 valence electrons. The molecule has 0 amide bonds. The number of nitrogens with one attached hydrogen (secondary N) is 1. The minimum absolute atomic E-state index is 0.251. The first-order chi connectivity index (χ1) is 15.7. The molecule has 1 unspecified atom stereocenters. The Morgan fingerprint density at radius 1 is 1.21 bits per heavy atom. The van der Waals surface area contributed by atoms with E-state index < -0.39 is 47.0 Å². The van der Waals surface area contributed by atoms with Crippen LogP contribution in [0.15, 0.2) is 46.8 Å². The predicted molar refractivity (Wildman–Crippen MR) is 117 cm³/mol. The number of hydrogen-bond donors (Lipinski definition) is 1. The number of rotatable bonds is 7. The smallest absolute Gasteiger partial charge is 0.417 e. The number of alkyl halides is 3. The van der Waals surface area contributed by atoms with Crippen molar-refractivity contribution in [3.8, 4) is 22.4 Å². The molecule has 0 saturated heterocycles. The van der Waals surface area contributed by atoms with E-state index in [0.717, 1.165) is 40.8 Å². The van der Waals surface area contributed by atoms with Crippen LogP contribution in [0.2, 0.25) is 0 Å². The summed E-state index contributed by atoms with van der Waals surface area (Å²) in [5.41, 5.74) is 0.623. The van der Waals surface area contributed by atoms with Crippen molar-refractivity contribution in [1.82, 2.24) is 9.71 Å². The third-order valence-corrected chi connectivity index (χ3v) is 8.77. The van der Waals surface area contributed by atoms with E-state index in [9.17, 15) is 31.0 Å². The van der Waals surface area contributed by atoms with Gasteiger partial charge in [-0.3, -0.25) is 4.57 Å².